The molecule has 2 aromatic rings. The Morgan fingerprint density at radius 1 is 1.28 bits per heavy atom. The van der Waals surface area contributed by atoms with E-state index in [2.05, 4.69) is 65.5 Å². The van der Waals surface area contributed by atoms with E-state index in [1.54, 1.807) is 0 Å². The lowest BCUT2D eigenvalue weighted by Gasteiger charge is -2.30. The Bertz CT molecular complexity index is 516. The van der Waals surface area contributed by atoms with Crippen LogP contribution in [0.5, 0.6) is 0 Å². The molecule has 1 nitrogen and oxygen atoms in total. The molecule has 1 fully saturated rings. The SMILES string of the molecule is CNC(c1cccc2ccsc12)C1CSCCS1. The van der Waals surface area contributed by atoms with Gasteiger partial charge in [0.25, 0.3) is 0 Å². The highest BCUT2D eigenvalue weighted by Crippen LogP contribution is 2.37. The zero-order valence-corrected chi connectivity index (χ0v) is 12.8. The van der Waals surface area contributed by atoms with Crippen LogP contribution in [0, 0.1) is 0 Å². The predicted octanol–water partition coefficient (Wildman–Crippen LogP) is 4.01. The number of thioether (sulfide) groups is 2. The molecule has 0 saturated carbocycles. The van der Waals surface area contributed by atoms with E-state index in [1.807, 2.05) is 11.3 Å². The lowest BCUT2D eigenvalue weighted by atomic mass is 10.0. The highest BCUT2D eigenvalue weighted by Gasteiger charge is 2.26. The van der Waals surface area contributed by atoms with Gasteiger partial charge in [0, 0.05) is 33.3 Å². The van der Waals surface area contributed by atoms with E-state index in [4.69, 9.17) is 0 Å². The molecule has 4 heteroatoms. The van der Waals surface area contributed by atoms with Crippen LogP contribution in [0.4, 0.5) is 0 Å². The first kappa shape index (κ1) is 12.9. The number of fused-ring (bicyclic) bond motifs is 1. The zero-order valence-electron chi connectivity index (χ0n) is 10.4. The zero-order chi connectivity index (χ0) is 12.4. The molecule has 2 unspecified atom stereocenters. The van der Waals surface area contributed by atoms with E-state index >= 15 is 0 Å². The van der Waals surface area contributed by atoms with E-state index in [-0.39, 0.29) is 0 Å². The molecule has 0 spiro atoms. The summed E-state index contributed by atoms with van der Waals surface area (Å²) in [5, 5.41) is 7.82. The fourth-order valence-corrected chi connectivity index (χ4v) is 6.35. The Morgan fingerprint density at radius 3 is 3.00 bits per heavy atom. The summed E-state index contributed by atoms with van der Waals surface area (Å²) in [4.78, 5) is 0. The average Bonchev–Trinajstić information content (AvgIpc) is 2.90. The van der Waals surface area contributed by atoms with Crippen molar-refractivity contribution in [3.05, 3.63) is 35.2 Å². The van der Waals surface area contributed by atoms with Gasteiger partial charge in [-0.3, -0.25) is 0 Å². The van der Waals surface area contributed by atoms with Crippen LogP contribution >= 0.6 is 34.9 Å². The monoisotopic (exact) mass is 295 g/mol. The Kier molecular flexibility index (Phi) is 4.19. The van der Waals surface area contributed by atoms with Crippen molar-refractivity contribution >= 4 is 44.9 Å². The van der Waals surface area contributed by atoms with Crippen molar-refractivity contribution in [2.24, 2.45) is 0 Å². The Labute approximate surface area is 121 Å². The van der Waals surface area contributed by atoms with Gasteiger partial charge in [-0.15, -0.1) is 11.3 Å². The number of rotatable bonds is 3. The minimum atomic E-state index is 0.477. The fraction of sp³-hybridized carbons (Fsp3) is 0.429. The molecule has 0 radical (unpaired) electrons. The van der Waals surface area contributed by atoms with Gasteiger partial charge in [-0.1, -0.05) is 18.2 Å². The summed E-state index contributed by atoms with van der Waals surface area (Å²) in [5.41, 5.74) is 1.48. The molecule has 1 aliphatic heterocycles. The van der Waals surface area contributed by atoms with E-state index in [9.17, 15) is 0 Å². The molecule has 2 atom stereocenters. The normalized spacial score (nSPS) is 22.2. The van der Waals surface area contributed by atoms with Crippen LogP contribution in [0.1, 0.15) is 11.6 Å². The quantitative estimate of drug-likeness (QED) is 0.919. The maximum atomic E-state index is 3.54. The first-order valence-corrected chi connectivity index (χ1v) is 9.31. The minimum Gasteiger partial charge on any atom is -0.312 e. The van der Waals surface area contributed by atoms with E-state index < -0.39 is 0 Å². The van der Waals surface area contributed by atoms with Crippen molar-refractivity contribution in [3.8, 4) is 0 Å². The summed E-state index contributed by atoms with van der Waals surface area (Å²) >= 11 is 6.08. The Morgan fingerprint density at radius 2 is 2.22 bits per heavy atom. The summed E-state index contributed by atoms with van der Waals surface area (Å²) in [5.74, 6) is 3.85. The molecule has 0 amide bonds. The van der Waals surface area contributed by atoms with Gasteiger partial charge in [-0.25, -0.2) is 0 Å². The molecule has 18 heavy (non-hydrogen) atoms. The number of benzene rings is 1. The van der Waals surface area contributed by atoms with Gasteiger partial charge >= 0.3 is 0 Å². The second-order valence-electron chi connectivity index (χ2n) is 4.44. The van der Waals surface area contributed by atoms with Gasteiger partial charge in [0.2, 0.25) is 0 Å². The molecular weight excluding hydrogens is 278 g/mol. The maximum absolute atomic E-state index is 3.54. The smallest absolute Gasteiger partial charge is 0.0460 e. The lowest BCUT2D eigenvalue weighted by molar-refractivity contribution is 0.597. The number of hydrogen-bond acceptors (Lipinski definition) is 4. The van der Waals surface area contributed by atoms with Crippen LogP contribution in [0.2, 0.25) is 0 Å². The third-order valence-corrected chi connectivity index (χ3v) is 7.21. The summed E-state index contributed by atoms with van der Waals surface area (Å²) in [6.07, 6.45) is 0. The van der Waals surface area contributed by atoms with Crippen LogP contribution in [-0.4, -0.2) is 29.6 Å². The van der Waals surface area contributed by atoms with Crippen molar-refractivity contribution in [1.29, 1.82) is 0 Å². The van der Waals surface area contributed by atoms with Gasteiger partial charge < -0.3 is 5.32 Å². The number of thiophene rings is 1. The molecule has 0 bridgehead atoms. The fourth-order valence-electron chi connectivity index (χ4n) is 2.50. The van der Waals surface area contributed by atoms with E-state index in [0.29, 0.717) is 11.3 Å². The van der Waals surface area contributed by atoms with E-state index in [0.717, 1.165) is 0 Å². The van der Waals surface area contributed by atoms with Gasteiger partial charge in [0.15, 0.2) is 0 Å². The first-order valence-electron chi connectivity index (χ1n) is 6.23. The first-order chi connectivity index (χ1) is 8.90. The third-order valence-electron chi connectivity index (χ3n) is 3.37. The Balaban J connectivity index is 1.97. The lowest BCUT2D eigenvalue weighted by Crippen LogP contribution is -2.31. The molecule has 1 aromatic heterocycles. The summed E-state index contributed by atoms with van der Waals surface area (Å²) in [6, 6.07) is 9.39. The summed E-state index contributed by atoms with van der Waals surface area (Å²) < 4.78 is 1.45. The van der Waals surface area contributed by atoms with Gasteiger partial charge in [-0.2, -0.15) is 23.5 Å². The second-order valence-corrected chi connectivity index (χ2v) is 7.85. The molecule has 96 valence electrons. The van der Waals surface area contributed by atoms with Crippen molar-refractivity contribution in [1.82, 2.24) is 5.32 Å². The topological polar surface area (TPSA) is 12.0 Å². The molecule has 1 N–H and O–H groups in total. The molecule has 1 aromatic carbocycles. The summed E-state index contributed by atoms with van der Waals surface area (Å²) in [6.45, 7) is 0. The maximum Gasteiger partial charge on any atom is 0.0460 e. The van der Waals surface area contributed by atoms with E-state index in [1.165, 1.54) is 32.9 Å². The third kappa shape index (κ3) is 2.44. The van der Waals surface area contributed by atoms with Crippen molar-refractivity contribution in [2.45, 2.75) is 11.3 Å². The number of nitrogens with one attached hydrogen (secondary N) is 1. The Hall–Kier alpha value is -0.160. The van der Waals surface area contributed by atoms with Crippen molar-refractivity contribution in [3.63, 3.8) is 0 Å². The highest BCUT2D eigenvalue weighted by molar-refractivity contribution is 8.06. The minimum absolute atomic E-state index is 0.477. The van der Waals surface area contributed by atoms with Crippen LogP contribution < -0.4 is 5.32 Å². The number of hydrogen-bond donors (Lipinski definition) is 1. The second kappa shape index (κ2) is 5.87. The summed E-state index contributed by atoms with van der Waals surface area (Å²) in [7, 11) is 2.09. The molecule has 1 aliphatic rings. The highest BCUT2D eigenvalue weighted by atomic mass is 32.2. The van der Waals surface area contributed by atoms with Gasteiger partial charge in [-0.05, 0) is 29.4 Å². The largest absolute Gasteiger partial charge is 0.312 e. The molecule has 0 aliphatic carbocycles. The van der Waals surface area contributed by atoms with Crippen molar-refractivity contribution in [2.75, 3.05) is 24.3 Å². The molecule has 3 rings (SSSR count). The standard InChI is InChI=1S/C14H17NS3/c1-15-13(12-9-16-7-8-17-12)11-4-2-3-10-5-6-18-14(10)11/h2-6,12-13,15H,7-9H2,1H3. The molecular formula is C14H17NS3. The van der Waals surface area contributed by atoms with Gasteiger partial charge in [0.05, 0.1) is 0 Å². The average molecular weight is 295 g/mol. The van der Waals surface area contributed by atoms with Crippen LogP contribution in [0.15, 0.2) is 29.6 Å². The predicted molar refractivity (Wildman–Crippen MR) is 87.2 cm³/mol. The molecule has 2 heterocycles. The molecule has 1 saturated heterocycles. The van der Waals surface area contributed by atoms with Gasteiger partial charge in [0.1, 0.15) is 0 Å². The van der Waals surface area contributed by atoms with Crippen LogP contribution in [0.25, 0.3) is 10.1 Å². The van der Waals surface area contributed by atoms with Crippen molar-refractivity contribution < 1.29 is 0 Å². The van der Waals surface area contributed by atoms with Crippen LogP contribution in [-0.2, 0) is 0 Å². The van der Waals surface area contributed by atoms with Crippen LogP contribution in [0.3, 0.4) is 0 Å².